The molecule has 0 saturated carbocycles. The molecule has 0 radical (unpaired) electrons. The van der Waals surface area contributed by atoms with Crippen LogP contribution in [0.25, 0.3) is 0 Å². The average molecular weight is 416 g/mol. The van der Waals surface area contributed by atoms with E-state index in [4.69, 9.17) is 9.41 Å². The lowest BCUT2D eigenvalue weighted by Gasteiger charge is -2.26. The zero-order valence-corrected chi connectivity index (χ0v) is 17.3. The number of nitrogens with one attached hydrogen (secondary N) is 2. The monoisotopic (exact) mass is 416 g/mol. The SMILES string of the molecule is CN1CCC(c2nnc(N[C@H]3N=C(c4ccccc4)c4ccccc4NC3=O)o2)CC1. The van der Waals surface area contributed by atoms with Gasteiger partial charge in [-0.05, 0) is 39.0 Å². The van der Waals surface area contributed by atoms with Gasteiger partial charge in [0, 0.05) is 17.0 Å². The summed E-state index contributed by atoms with van der Waals surface area (Å²) in [5, 5.41) is 14.3. The third kappa shape index (κ3) is 4.06. The molecule has 0 aliphatic carbocycles. The number of fused-ring (bicyclic) bond motifs is 1. The van der Waals surface area contributed by atoms with Gasteiger partial charge in [0.25, 0.3) is 5.91 Å². The van der Waals surface area contributed by atoms with Crippen molar-refractivity contribution in [2.24, 2.45) is 4.99 Å². The quantitative estimate of drug-likeness (QED) is 0.679. The minimum absolute atomic E-state index is 0.205. The lowest BCUT2D eigenvalue weighted by Crippen LogP contribution is -2.32. The maximum Gasteiger partial charge on any atom is 0.317 e. The molecule has 5 rings (SSSR count). The highest BCUT2D eigenvalue weighted by Gasteiger charge is 2.28. The summed E-state index contributed by atoms with van der Waals surface area (Å²) >= 11 is 0. The highest BCUT2D eigenvalue weighted by Crippen LogP contribution is 2.28. The molecule has 2 aromatic carbocycles. The first-order chi connectivity index (χ1) is 15.2. The van der Waals surface area contributed by atoms with Crippen LogP contribution in [-0.2, 0) is 4.79 Å². The van der Waals surface area contributed by atoms with Crippen LogP contribution in [0.2, 0.25) is 0 Å². The molecular weight excluding hydrogens is 392 g/mol. The number of carbonyl (C=O) groups is 1. The maximum absolute atomic E-state index is 12.9. The zero-order valence-electron chi connectivity index (χ0n) is 17.3. The zero-order chi connectivity index (χ0) is 21.2. The van der Waals surface area contributed by atoms with Gasteiger partial charge in [-0.1, -0.05) is 53.6 Å². The summed E-state index contributed by atoms with van der Waals surface area (Å²) in [6.07, 6.45) is 1.06. The van der Waals surface area contributed by atoms with Gasteiger partial charge < -0.3 is 20.0 Å². The standard InChI is InChI=1S/C23H24N6O2/c1-29-13-11-16(12-14-29)22-27-28-23(31-22)26-20-21(30)24-18-10-6-5-9-17(18)19(25-20)15-7-3-2-4-8-15/h2-10,16,20H,11-14H2,1H3,(H,24,30)(H,26,28)/t20-/m1/s1. The van der Waals surface area contributed by atoms with Crippen LogP contribution in [-0.4, -0.2) is 53.0 Å². The second-order valence-electron chi connectivity index (χ2n) is 7.95. The number of likely N-dealkylation sites (tertiary alicyclic amines) is 1. The van der Waals surface area contributed by atoms with Crippen molar-refractivity contribution in [1.29, 1.82) is 0 Å². The van der Waals surface area contributed by atoms with Gasteiger partial charge in [-0.2, -0.15) is 0 Å². The molecule has 1 atom stereocenters. The molecular formula is C23H24N6O2. The van der Waals surface area contributed by atoms with Crippen molar-refractivity contribution in [2.75, 3.05) is 30.8 Å². The Morgan fingerprint density at radius 2 is 1.77 bits per heavy atom. The van der Waals surface area contributed by atoms with Crippen LogP contribution in [0.4, 0.5) is 11.7 Å². The summed E-state index contributed by atoms with van der Waals surface area (Å²) < 4.78 is 5.87. The second kappa shape index (κ2) is 8.31. The first kappa shape index (κ1) is 19.4. The van der Waals surface area contributed by atoms with Gasteiger partial charge in [0.1, 0.15) is 0 Å². The lowest BCUT2D eigenvalue weighted by molar-refractivity contribution is -0.116. The summed E-state index contributed by atoms with van der Waals surface area (Å²) in [7, 11) is 2.11. The number of nitrogens with zero attached hydrogens (tertiary/aromatic N) is 4. The fourth-order valence-corrected chi connectivity index (χ4v) is 4.01. The van der Waals surface area contributed by atoms with Crippen LogP contribution in [0.5, 0.6) is 0 Å². The van der Waals surface area contributed by atoms with Crippen molar-refractivity contribution in [1.82, 2.24) is 15.1 Å². The van der Waals surface area contributed by atoms with Crippen molar-refractivity contribution in [2.45, 2.75) is 24.9 Å². The summed E-state index contributed by atoms with van der Waals surface area (Å²) in [4.78, 5) is 20.0. The molecule has 8 heteroatoms. The summed E-state index contributed by atoms with van der Waals surface area (Å²) in [5.74, 6) is 0.576. The number of anilines is 2. The Kier molecular flexibility index (Phi) is 5.21. The van der Waals surface area contributed by atoms with E-state index in [2.05, 4.69) is 32.8 Å². The third-order valence-electron chi connectivity index (χ3n) is 5.76. The predicted octanol–water partition coefficient (Wildman–Crippen LogP) is 3.11. The molecule has 1 fully saturated rings. The number of amides is 1. The van der Waals surface area contributed by atoms with E-state index in [0.29, 0.717) is 5.89 Å². The van der Waals surface area contributed by atoms with E-state index in [0.717, 1.165) is 48.5 Å². The van der Waals surface area contributed by atoms with Crippen LogP contribution in [0.1, 0.15) is 35.8 Å². The van der Waals surface area contributed by atoms with Crippen molar-refractivity contribution < 1.29 is 9.21 Å². The molecule has 2 aliphatic rings. The molecule has 3 aromatic rings. The van der Waals surface area contributed by atoms with E-state index in [1.54, 1.807) is 0 Å². The van der Waals surface area contributed by atoms with Crippen molar-refractivity contribution in [3.63, 3.8) is 0 Å². The maximum atomic E-state index is 12.9. The Morgan fingerprint density at radius 1 is 1.03 bits per heavy atom. The molecule has 2 N–H and O–H groups in total. The van der Waals surface area contributed by atoms with E-state index in [1.807, 2.05) is 54.6 Å². The Hall–Kier alpha value is -3.52. The first-order valence-electron chi connectivity index (χ1n) is 10.5. The summed E-state index contributed by atoms with van der Waals surface area (Å²) in [6, 6.07) is 17.7. The minimum Gasteiger partial charge on any atom is -0.408 e. The highest BCUT2D eigenvalue weighted by molar-refractivity contribution is 6.19. The van der Waals surface area contributed by atoms with E-state index in [9.17, 15) is 4.79 Å². The molecule has 1 aromatic heterocycles. The van der Waals surface area contributed by atoms with Gasteiger partial charge >= 0.3 is 6.01 Å². The Morgan fingerprint density at radius 3 is 2.58 bits per heavy atom. The summed E-state index contributed by atoms with van der Waals surface area (Å²) in [6.45, 7) is 2.01. The van der Waals surface area contributed by atoms with Crippen molar-refractivity contribution >= 4 is 23.3 Å². The number of benzene rings is 2. The van der Waals surface area contributed by atoms with E-state index >= 15 is 0 Å². The Bertz CT molecular complexity index is 1100. The van der Waals surface area contributed by atoms with Gasteiger partial charge in [-0.15, -0.1) is 5.10 Å². The highest BCUT2D eigenvalue weighted by atomic mass is 16.4. The number of carbonyl (C=O) groups excluding carboxylic acids is 1. The molecule has 1 amide bonds. The predicted molar refractivity (Wildman–Crippen MR) is 118 cm³/mol. The molecule has 1 saturated heterocycles. The molecule has 0 unspecified atom stereocenters. The van der Waals surface area contributed by atoms with Crippen molar-refractivity contribution in [3.8, 4) is 0 Å². The summed E-state index contributed by atoms with van der Waals surface area (Å²) in [5.41, 5.74) is 3.23. The van der Waals surface area contributed by atoms with Crippen LogP contribution >= 0.6 is 0 Å². The van der Waals surface area contributed by atoms with Crippen LogP contribution in [0.3, 0.4) is 0 Å². The van der Waals surface area contributed by atoms with Gasteiger partial charge in [-0.3, -0.25) is 4.79 Å². The molecule has 3 heterocycles. The molecule has 0 bridgehead atoms. The molecule has 8 nitrogen and oxygen atoms in total. The number of para-hydroxylation sites is 1. The van der Waals surface area contributed by atoms with E-state index < -0.39 is 6.17 Å². The number of aliphatic imine (C=N–C) groups is 1. The number of piperidine rings is 1. The molecule has 2 aliphatic heterocycles. The number of hydrogen-bond acceptors (Lipinski definition) is 7. The van der Waals surface area contributed by atoms with Crippen LogP contribution in [0.15, 0.2) is 64.0 Å². The number of rotatable bonds is 4. The number of hydrogen-bond donors (Lipinski definition) is 2. The Labute approximate surface area is 180 Å². The topological polar surface area (TPSA) is 95.6 Å². The third-order valence-corrected chi connectivity index (χ3v) is 5.76. The Balaban J connectivity index is 1.43. The second-order valence-corrected chi connectivity index (χ2v) is 7.95. The normalized spacial score (nSPS) is 19.8. The van der Waals surface area contributed by atoms with Gasteiger partial charge in [-0.25, -0.2) is 4.99 Å². The van der Waals surface area contributed by atoms with Crippen LogP contribution < -0.4 is 10.6 Å². The fraction of sp³-hybridized carbons (Fsp3) is 0.304. The first-order valence-corrected chi connectivity index (χ1v) is 10.5. The van der Waals surface area contributed by atoms with Crippen molar-refractivity contribution in [3.05, 3.63) is 71.6 Å². The molecule has 0 spiro atoms. The smallest absolute Gasteiger partial charge is 0.317 e. The van der Waals surface area contributed by atoms with E-state index in [-0.39, 0.29) is 17.8 Å². The molecule has 158 valence electrons. The van der Waals surface area contributed by atoms with Crippen LogP contribution in [0, 0.1) is 0 Å². The van der Waals surface area contributed by atoms with E-state index in [1.165, 1.54) is 0 Å². The van der Waals surface area contributed by atoms with Gasteiger partial charge in [0.15, 0.2) is 0 Å². The molecule has 31 heavy (non-hydrogen) atoms. The average Bonchev–Trinajstić information content (AvgIpc) is 3.21. The van der Waals surface area contributed by atoms with Gasteiger partial charge in [0.2, 0.25) is 12.1 Å². The number of aromatic nitrogens is 2. The fourth-order valence-electron chi connectivity index (χ4n) is 4.01. The number of benzodiazepines with no additional fused rings is 1. The lowest BCUT2D eigenvalue weighted by atomic mass is 9.97. The largest absolute Gasteiger partial charge is 0.408 e. The minimum atomic E-state index is -0.895. The van der Waals surface area contributed by atoms with Gasteiger partial charge in [0.05, 0.1) is 11.4 Å².